The van der Waals surface area contributed by atoms with E-state index in [0.717, 1.165) is 84.9 Å². The van der Waals surface area contributed by atoms with Gasteiger partial charge in [0.2, 0.25) is 5.95 Å². The molecular formula is C26H33ClN10O2S. The number of piperazine rings is 1. The molecule has 12 nitrogen and oxygen atoms in total. The van der Waals surface area contributed by atoms with Crippen molar-refractivity contribution in [3.8, 4) is 11.3 Å². The number of benzene rings is 1. The molecule has 212 valence electrons. The van der Waals surface area contributed by atoms with Crippen LogP contribution in [0.5, 0.6) is 0 Å². The van der Waals surface area contributed by atoms with Gasteiger partial charge in [-0.3, -0.25) is 9.58 Å². The van der Waals surface area contributed by atoms with Crippen LogP contribution in [-0.4, -0.2) is 106 Å². The summed E-state index contributed by atoms with van der Waals surface area (Å²) in [7, 11) is 0.647. The maximum Gasteiger partial charge on any atom is 0.250 e. The number of anilines is 3. The van der Waals surface area contributed by atoms with Crippen LogP contribution in [0, 0.1) is 0 Å². The Morgan fingerprint density at radius 2 is 1.77 bits per heavy atom. The summed E-state index contributed by atoms with van der Waals surface area (Å²) in [5.74, 6) is 1.35. The Labute approximate surface area is 238 Å². The largest absolute Gasteiger partial charge is 0.355 e. The minimum Gasteiger partial charge on any atom is -0.355 e. The van der Waals surface area contributed by atoms with Crippen LogP contribution in [0.15, 0.2) is 36.8 Å². The zero-order valence-corrected chi connectivity index (χ0v) is 24.4. The molecule has 2 fully saturated rings. The van der Waals surface area contributed by atoms with Gasteiger partial charge in [0.15, 0.2) is 5.82 Å². The van der Waals surface area contributed by atoms with Crippen LogP contribution >= 0.6 is 11.6 Å². The Morgan fingerprint density at radius 1 is 1.02 bits per heavy atom. The first kappa shape index (κ1) is 26.9. The summed E-state index contributed by atoms with van der Waals surface area (Å²) in [6.45, 7) is 6.62. The minimum atomic E-state index is -3.51. The van der Waals surface area contributed by atoms with Gasteiger partial charge in [-0.1, -0.05) is 11.6 Å². The minimum absolute atomic E-state index is 0.293. The lowest BCUT2D eigenvalue weighted by atomic mass is 10.0. The molecule has 5 heterocycles. The summed E-state index contributed by atoms with van der Waals surface area (Å²) in [6, 6.07) is 6.76. The molecule has 2 aliphatic heterocycles. The van der Waals surface area contributed by atoms with E-state index in [2.05, 4.69) is 48.2 Å². The number of hydrogen-bond acceptors (Lipinski definition) is 10. The van der Waals surface area contributed by atoms with E-state index in [1.54, 1.807) is 0 Å². The Balaban J connectivity index is 1.18. The van der Waals surface area contributed by atoms with Crippen LogP contribution < -0.4 is 10.2 Å². The molecular weight excluding hydrogens is 552 g/mol. The third-order valence-corrected chi connectivity index (χ3v) is 8.98. The number of nitrogens with one attached hydrogen (secondary N) is 1. The van der Waals surface area contributed by atoms with Crippen molar-refractivity contribution in [2.24, 2.45) is 7.05 Å². The quantitative estimate of drug-likeness (QED) is 0.362. The topological polar surface area (TPSA) is 117 Å². The van der Waals surface area contributed by atoms with Gasteiger partial charge in [0.05, 0.1) is 41.1 Å². The molecule has 0 radical (unpaired) electrons. The van der Waals surface area contributed by atoms with Crippen LogP contribution in [0.2, 0.25) is 5.02 Å². The number of aromatic nitrogens is 6. The van der Waals surface area contributed by atoms with E-state index >= 15 is 0 Å². The highest BCUT2D eigenvalue weighted by atomic mass is 35.5. The standard InChI is InChI=1S/C26H33ClN10O2S/c1-33-10-12-35(13-11-33)20-6-8-36(9-7-20)25-21-5-4-19(14-23(21)34(2)32-25)30-26-28-16-22(27)24(31-26)18-15-29-37(17-18)40(3,38)39/h4-5,14-17,20H,6-13H2,1-3H3,(H,28,30,31). The van der Waals surface area contributed by atoms with Gasteiger partial charge >= 0.3 is 0 Å². The lowest BCUT2D eigenvalue weighted by Gasteiger charge is -2.42. The number of nitrogens with zero attached hydrogens (tertiary/aromatic N) is 9. The van der Waals surface area contributed by atoms with Crippen molar-refractivity contribution in [2.75, 3.05) is 62.8 Å². The second-order valence-electron chi connectivity index (χ2n) is 10.6. The summed E-state index contributed by atoms with van der Waals surface area (Å²) < 4.78 is 26.4. The number of aryl methyl sites for hydroxylation is 1. The van der Waals surface area contributed by atoms with Gasteiger partial charge in [-0.25, -0.2) is 18.4 Å². The second kappa shape index (κ2) is 10.6. The summed E-state index contributed by atoms with van der Waals surface area (Å²) in [4.78, 5) is 16.3. The fourth-order valence-electron chi connectivity index (χ4n) is 5.55. The normalized spacial score (nSPS) is 18.1. The zero-order chi connectivity index (χ0) is 28.0. The van der Waals surface area contributed by atoms with Crippen LogP contribution in [0.25, 0.3) is 22.2 Å². The highest BCUT2D eigenvalue weighted by Crippen LogP contribution is 2.32. The molecule has 2 aliphatic rings. The zero-order valence-electron chi connectivity index (χ0n) is 22.8. The number of likely N-dealkylation sites (N-methyl/N-ethyl adjacent to an activating group) is 1. The SMILES string of the molecule is CN1CCN(C2CCN(c3nn(C)c4cc(Nc5ncc(Cl)c(-c6cnn(S(C)(=O)=O)c6)n5)ccc34)CC2)CC1. The third-order valence-electron chi connectivity index (χ3n) is 7.82. The summed E-state index contributed by atoms with van der Waals surface area (Å²) in [6.07, 6.45) is 7.66. The molecule has 0 spiro atoms. The van der Waals surface area contributed by atoms with Crippen molar-refractivity contribution in [1.29, 1.82) is 0 Å². The predicted octanol–water partition coefficient (Wildman–Crippen LogP) is 2.65. The molecule has 0 aliphatic carbocycles. The highest BCUT2D eigenvalue weighted by molar-refractivity contribution is 7.89. The van der Waals surface area contributed by atoms with E-state index in [9.17, 15) is 8.42 Å². The van der Waals surface area contributed by atoms with E-state index in [-0.39, 0.29) is 0 Å². The number of halogens is 1. The van der Waals surface area contributed by atoms with Crippen LogP contribution in [0.3, 0.4) is 0 Å². The molecule has 4 aromatic rings. The van der Waals surface area contributed by atoms with Crippen LogP contribution in [-0.2, 0) is 17.1 Å². The molecule has 0 saturated carbocycles. The number of piperidine rings is 1. The summed E-state index contributed by atoms with van der Waals surface area (Å²) in [5, 5.41) is 13.4. The van der Waals surface area contributed by atoms with Gasteiger partial charge in [-0.05, 0) is 38.1 Å². The second-order valence-corrected chi connectivity index (χ2v) is 12.9. The molecule has 40 heavy (non-hydrogen) atoms. The van der Waals surface area contributed by atoms with Crippen LogP contribution in [0.4, 0.5) is 17.5 Å². The van der Waals surface area contributed by atoms with Gasteiger partial charge in [0.1, 0.15) is 0 Å². The first-order valence-electron chi connectivity index (χ1n) is 13.3. The van der Waals surface area contributed by atoms with Crippen molar-refractivity contribution >= 4 is 50.0 Å². The van der Waals surface area contributed by atoms with Gasteiger partial charge in [-0.2, -0.15) is 14.3 Å². The summed E-state index contributed by atoms with van der Waals surface area (Å²) in [5.41, 5.74) is 2.67. The first-order chi connectivity index (χ1) is 19.2. The number of rotatable bonds is 6. The molecule has 2 saturated heterocycles. The van der Waals surface area contributed by atoms with Gasteiger partial charge in [0, 0.05) is 69.0 Å². The lowest BCUT2D eigenvalue weighted by Crippen LogP contribution is -2.52. The molecule has 1 N–H and O–H groups in total. The molecule has 0 bridgehead atoms. The Kier molecular flexibility index (Phi) is 7.15. The van der Waals surface area contributed by atoms with Gasteiger partial charge < -0.3 is 15.1 Å². The third kappa shape index (κ3) is 5.38. The maximum absolute atomic E-state index is 11.8. The van der Waals surface area contributed by atoms with E-state index in [1.807, 2.05) is 23.9 Å². The Morgan fingerprint density at radius 3 is 2.48 bits per heavy atom. The van der Waals surface area contributed by atoms with E-state index < -0.39 is 10.0 Å². The monoisotopic (exact) mass is 584 g/mol. The van der Waals surface area contributed by atoms with Crippen molar-refractivity contribution in [1.82, 2.24) is 38.7 Å². The van der Waals surface area contributed by atoms with E-state index in [1.165, 1.54) is 18.6 Å². The molecule has 0 amide bonds. The fourth-order valence-corrected chi connectivity index (χ4v) is 6.27. The van der Waals surface area contributed by atoms with E-state index in [0.29, 0.717) is 28.3 Å². The lowest BCUT2D eigenvalue weighted by molar-refractivity contribution is 0.0981. The van der Waals surface area contributed by atoms with Crippen molar-refractivity contribution in [3.63, 3.8) is 0 Å². The van der Waals surface area contributed by atoms with Gasteiger partial charge in [-0.15, -0.1) is 0 Å². The van der Waals surface area contributed by atoms with Crippen molar-refractivity contribution in [3.05, 3.63) is 41.8 Å². The fraction of sp³-hybridized carbons (Fsp3) is 0.462. The Bertz CT molecular complexity index is 1640. The molecule has 0 atom stereocenters. The Hall–Kier alpha value is -3.26. The summed E-state index contributed by atoms with van der Waals surface area (Å²) >= 11 is 6.33. The average Bonchev–Trinajstić information content (AvgIpc) is 3.56. The average molecular weight is 585 g/mol. The molecule has 14 heteroatoms. The number of hydrogen-bond donors (Lipinski definition) is 1. The smallest absolute Gasteiger partial charge is 0.250 e. The van der Waals surface area contributed by atoms with E-state index in [4.69, 9.17) is 16.7 Å². The number of fused-ring (bicyclic) bond motifs is 1. The molecule has 0 unspecified atom stereocenters. The maximum atomic E-state index is 11.8. The molecule has 3 aromatic heterocycles. The highest BCUT2D eigenvalue weighted by Gasteiger charge is 2.28. The molecule has 1 aromatic carbocycles. The predicted molar refractivity (Wildman–Crippen MR) is 157 cm³/mol. The molecule has 6 rings (SSSR count). The first-order valence-corrected chi connectivity index (χ1v) is 15.6. The van der Waals surface area contributed by atoms with Gasteiger partial charge in [0.25, 0.3) is 10.0 Å². The van der Waals surface area contributed by atoms with Crippen LogP contribution in [0.1, 0.15) is 12.8 Å². The van der Waals surface area contributed by atoms with Crippen molar-refractivity contribution in [2.45, 2.75) is 18.9 Å². The van der Waals surface area contributed by atoms with Crippen molar-refractivity contribution < 1.29 is 8.42 Å².